The fraction of sp³-hybridized carbons (Fsp3) is 0.194. The van der Waals surface area contributed by atoms with E-state index in [1.807, 2.05) is 23.9 Å². The van der Waals surface area contributed by atoms with Crippen LogP contribution in [0.2, 0.25) is 0 Å². The number of para-hydroxylation sites is 3. The number of nitrogens with zero attached hydrogens (tertiary/aromatic N) is 2. The van der Waals surface area contributed by atoms with Crippen LogP contribution in [0.4, 0.5) is 22.7 Å². The highest BCUT2D eigenvalue weighted by Gasteiger charge is 2.24. The molecule has 2 aliphatic heterocycles. The molecule has 36 heavy (non-hydrogen) atoms. The molecule has 0 aliphatic carbocycles. The van der Waals surface area contributed by atoms with E-state index in [0.717, 1.165) is 31.4 Å². The number of anilines is 4. The summed E-state index contributed by atoms with van der Waals surface area (Å²) < 4.78 is 0. The lowest BCUT2D eigenvalue weighted by Crippen LogP contribution is -2.23. The molecule has 0 N–H and O–H groups in total. The van der Waals surface area contributed by atoms with E-state index in [4.69, 9.17) is 0 Å². The highest BCUT2D eigenvalue weighted by Crippen LogP contribution is 2.49. The standard InChI is InChI=1S/C31H28N2OS2/c34-22-23-17-18-27-31(21-23)36-30-16-8-5-13-26(30)33(27)20-10-2-1-9-19-32-24-11-3-6-14-28(24)35-29-15-7-4-12-25(29)32/h3-8,11-18,21-22H,1-2,9-10,19-20H2. The molecule has 0 bridgehead atoms. The summed E-state index contributed by atoms with van der Waals surface area (Å²) in [7, 11) is 0. The fourth-order valence-electron chi connectivity index (χ4n) is 5.08. The van der Waals surface area contributed by atoms with Gasteiger partial charge in [-0.05, 0) is 67.4 Å². The molecule has 0 fully saturated rings. The molecule has 4 aromatic rings. The SMILES string of the molecule is O=Cc1ccc2c(c1)Sc1ccccc1N2CCCCCCN1c2ccccc2Sc2ccccc21. The summed E-state index contributed by atoms with van der Waals surface area (Å²) in [6, 6.07) is 32.1. The van der Waals surface area contributed by atoms with Gasteiger partial charge >= 0.3 is 0 Å². The Kier molecular flexibility index (Phi) is 6.75. The number of carbonyl (C=O) groups is 1. The van der Waals surface area contributed by atoms with Crippen LogP contribution in [-0.4, -0.2) is 19.4 Å². The van der Waals surface area contributed by atoms with Gasteiger partial charge in [-0.3, -0.25) is 4.79 Å². The number of hydrogen-bond donors (Lipinski definition) is 0. The first-order chi connectivity index (χ1) is 17.8. The third kappa shape index (κ3) is 4.54. The van der Waals surface area contributed by atoms with Crippen molar-refractivity contribution in [3.63, 3.8) is 0 Å². The van der Waals surface area contributed by atoms with Crippen molar-refractivity contribution >= 4 is 52.6 Å². The maximum atomic E-state index is 11.3. The van der Waals surface area contributed by atoms with Crippen molar-refractivity contribution in [3.05, 3.63) is 96.6 Å². The summed E-state index contributed by atoms with van der Waals surface area (Å²) in [6.45, 7) is 2.02. The lowest BCUT2D eigenvalue weighted by atomic mass is 10.1. The molecule has 5 heteroatoms. The normalized spacial score (nSPS) is 13.4. The van der Waals surface area contributed by atoms with E-state index in [-0.39, 0.29) is 0 Å². The van der Waals surface area contributed by atoms with E-state index in [2.05, 4.69) is 88.7 Å². The minimum absolute atomic E-state index is 0.736. The second-order valence-corrected chi connectivity index (χ2v) is 11.3. The predicted molar refractivity (Wildman–Crippen MR) is 152 cm³/mol. The van der Waals surface area contributed by atoms with Crippen molar-refractivity contribution in [1.29, 1.82) is 0 Å². The zero-order chi connectivity index (χ0) is 24.3. The van der Waals surface area contributed by atoms with Crippen LogP contribution in [0.5, 0.6) is 0 Å². The maximum Gasteiger partial charge on any atom is 0.150 e. The fourth-order valence-corrected chi connectivity index (χ4v) is 7.32. The molecular weight excluding hydrogens is 480 g/mol. The first-order valence-corrected chi connectivity index (χ1v) is 14.2. The summed E-state index contributed by atoms with van der Waals surface area (Å²) in [5.74, 6) is 0. The Bertz CT molecular complexity index is 1360. The summed E-state index contributed by atoms with van der Waals surface area (Å²) in [5, 5.41) is 0. The van der Waals surface area contributed by atoms with Crippen molar-refractivity contribution in [3.8, 4) is 0 Å². The van der Waals surface area contributed by atoms with Gasteiger partial charge in [0, 0.05) is 38.2 Å². The lowest BCUT2D eigenvalue weighted by Gasteiger charge is -2.33. The van der Waals surface area contributed by atoms with Crippen molar-refractivity contribution in [2.75, 3.05) is 22.9 Å². The molecule has 4 aromatic carbocycles. The number of aldehydes is 1. The van der Waals surface area contributed by atoms with Gasteiger partial charge in [0.05, 0.1) is 22.7 Å². The second-order valence-electron chi connectivity index (χ2n) is 9.17. The molecule has 2 aliphatic rings. The van der Waals surface area contributed by atoms with E-state index in [1.54, 1.807) is 11.8 Å². The number of hydrogen-bond acceptors (Lipinski definition) is 5. The largest absolute Gasteiger partial charge is 0.340 e. The van der Waals surface area contributed by atoms with Crippen LogP contribution in [0, 0.1) is 0 Å². The Morgan fingerprint density at radius 2 is 0.972 bits per heavy atom. The van der Waals surface area contributed by atoms with Gasteiger partial charge < -0.3 is 9.80 Å². The summed E-state index contributed by atoms with van der Waals surface area (Å²) >= 11 is 3.63. The molecule has 0 saturated carbocycles. The highest BCUT2D eigenvalue weighted by atomic mass is 32.2. The minimum atomic E-state index is 0.736. The zero-order valence-corrected chi connectivity index (χ0v) is 21.7. The lowest BCUT2D eigenvalue weighted by molar-refractivity contribution is 0.112. The number of carbonyl (C=O) groups excluding carboxylic acids is 1. The molecule has 0 spiro atoms. The summed E-state index contributed by atoms with van der Waals surface area (Å²) in [4.78, 5) is 21.4. The smallest absolute Gasteiger partial charge is 0.150 e. The van der Waals surface area contributed by atoms with Gasteiger partial charge in [0.15, 0.2) is 0 Å². The minimum Gasteiger partial charge on any atom is -0.340 e. The summed E-state index contributed by atoms with van der Waals surface area (Å²) in [5.41, 5.74) is 5.88. The van der Waals surface area contributed by atoms with Crippen molar-refractivity contribution in [1.82, 2.24) is 0 Å². The number of benzene rings is 4. The van der Waals surface area contributed by atoms with Crippen LogP contribution in [0.1, 0.15) is 36.0 Å². The van der Waals surface area contributed by atoms with Gasteiger partial charge in [-0.15, -0.1) is 0 Å². The zero-order valence-electron chi connectivity index (χ0n) is 20.1. The van der Waals surface area contributed by atoms with Crippen molar-refractivity contribution in [2.45, 2.75) is 45.3 Å². The monoisotopic (exact) mass is 508 g/mol. The Hall–Kier alpha value is -3.15. The van der Waals surface area contributed by atoms with Crippen molar-refractivity contribution in [2.24, 2.45) is 0 Å². The van der Waals surface area contributed by atoms with E-state index < -0.39 is 0 Å². The van der Waals surface area contributed by atoms with Gasteiger partial charge in [-0.25, -0.2) is 0 Å². The topological polar surface area (TPSA) is 23.6 Å². The average Bonchev–Trinajstić information content (AvgIpc) is 2.93. The van der Waals surface area contributed by atoms with Crippen LogP contribution >= 0.6 is 23.5 Å². The van der Waals surface area contributed by atoms with Gasteiger partial charge in [0.1, 0.15) is 6.29 Å². The van der Waals surface area contributed by atoms with Gasteiger partial charge in [0.25, 0.3) is 0 Å². The second kappa shape index (κ2) is 10.5. The third-order valence-corrected chi connectivity index (χ3v) is 9.07. The highest BCUT2D eigenvalue weighted by molar-refractivity contribution is 8.00. The molecule has 0 aromatic heterocycles. The van der Waals surface area contributed by atoms with Crippen molar-refractivity contribution < 1.29 is 4.79 Å². The molecule has 3 nitrogen and oxygen atoms in total. The predicted octanol–water partition coefficient (Wildman–Crippen LogP) is 8.97. The Balaban J connectivity index is 1.09. The van der Waals surface area contributed by atoms with Crippen LogP contribution in [0.25, 0.3) is 0 Å². The van der Waals surface area contributed by atoms with Crippen LogP contribution in [0.15, 0.2) is 111 Å². The maximum absolute atomic E-state index is 11.3. The third-order valence-electron chi connectivity index (χ3n) is 6.83. The average molecular weight is 509 g/mol. The molecule has 0 amide bonds. The molecular formula is C31H28N2OS2. The van der Waals surface area contributed by atoms with Gasteiger partial charge in [-0.2, -0.15) is 0 Å². The number of unbranched alkanes of at least 4 members (excludes halogenated alkanes) is 3. The summed E-state index contributed by atoms with van der Waals surface area (Å²) in [6.07, 6.45) is 5.63. The molecule has 0 saturated heterocycles. The number of rotatable bonds is 8. The molecule has 2 heterocycles. The molecule has 0 radical (unpaired) electrons. The van der Waals surface area contributed by atoms with Gasteiger partial charge in [0.2, 0.25) is 0 Å². The van der Waals surface area contributed by atoms with E-state index in [9.17, 15) is 4.79 Å². The van der Waals surface area contributed by atoms with Crippen LogP contribution in [-0.2, 0) is 0 Å². The van der Waals surface area contributed by atoms with Crippen LogP contribution in [0.3, 0.4) is 0 Å². The molecule has 180 valence electrons. The Morgan fingerprint density at radius 3 is 1.47 bits per heavy atom. The number of fused-ring (bicyclic) bond motifs is 4. The quantitative estimate of drug-likeness (QED) is 0.175. The molecule has 0 atom stereocenters. The molecule has 6 rings (SSSR count). The first-order valence-electron chi connectivity index (χ1n) is 12.6. The molecule has 0 unspecified atom stereocenters. The van der Waals surface area contributed by atoms with E-state index in [0.29, 0.717) is 0 Å². The first kappa shape index (κ1) is 23.3. The Labute approximate surface area is 221 Å². The van der Waals surface area contributed by atoms with E-state index >= 15 is 0 Å². The Morgan fingerprint density at radius 1 is 0.528 bits per heavy atom. The van der Waals surface area contributed by atoms with Gasteiger partial charge in [-0.1, -0.05) is 72.8 Å². The van der Waals surface area contributed by atoms with E-state index in [1.165, 1.54) is 61.6 Å². The van der Waals surface area contributed by atoms with Crippen LogP contribution < -0.4 is 9.80 Å².